The minimum absolute atomic E-state index is 0.167. The van der Waals surface area contributed by atoms with Gasteiger partial charge in [0.1, 0.15) is 0 Å². The molecule has 0 heterocycles. The van der Waals surface area contributed by atoms with Crippen LogP contribution in [0.5, 0.6) is 0 Å². The zero-order chi connectivity index (χ0) is 12.1. The van der Waals surface area contributed by atoms with Gasteiger partial charge in [0.15, 0.2) is 0 Å². The van der Waals surface area contributed by atoms with E-state index >= 15 is 0 Å². The normalized spacial score (nSPS) is 18.9. The molecule has 0 radical (unpaired) electrons. The first-order chi connectivity index (χ1) is 8.35. The quantitative estimate of drug-likeness (QED) is 0.781. The van der Waals surface area contributed by atoms with Crippen LogP contribution < -0.4 is 5.32 Å². The molecular formula is C15H23NO. The highest BCUT2D eigenvalue weighted by atomic mass is 16.5. The van der Waals surface area contributed by atoms with E-state index in [1.807, 2.05) is 7.05 Å². The summed E-state index contributed by atoms with van der Waals surface area (Å²) in [5.41, 5.74) is 1.27. The molecule has 17 heavy (non-hydrogen) atoms. The molecule has 0 spiro atoms. The maximum Gasteiger partial charge on any atom is 0.0973 e. The Labute approximate surface area is 104 Å². The number of likely N-dealkylation sites (N-methyl/N-ethyl adjacent to an activating group) is 1. The number of hydrogen-bond acceptors (Lipinski definition) is 2. The summed E-state index contributed by atoms with van der Waals surface area (Å²) in [5.74, 6) is 0.985. The standard InChI is InChI=1S/C15H23NO/c1-16-14(11-10-12-8-9-12)15(17-2)13-6-4-3-5-7-13/h3-7,12,14-16H,8-11H2,1-2H3. The van der Waals surface area contributed by atoms with E-state index in [2.05, 4.69) is 35.6 Å². The van der Waals surface area contributed by atoms with Crippen molar-refractivity contribution in [2.24, 2.45) is 5.92 Å². The average Bonchev–Trinajstić information content (AvgIpc) is 3.19. The maximum atomic E-state index is 5.68. The van der Waals surface area contributed by atoms with Crippen molar-refractivity contribution in [3.63, 3.8) is 0 Å². The number of nitrogens with one attached hydrogen (secondary N) is 1. The van der Waals surface area contributed by atoms with E-state index in [1.54, 1.807) is 7.11 Å². The second-order valence-electron chi connectivity index (χ2n) is 4.98. The highest BCUT2D eigenvalue weighted by molar-refractivity contribution is 5.19. The highest BCUT2D eigenvalue weighted by Crippen LogP contribution is 2.35. The number of hydrogen-bond donors (Lipinski definition) is 1. The number of methoxy groups -OCH3 is 1. The van der Waals surface area contributed by atoms with Crippen molar-refractivity contribution >= 4 is 0 Å². The van der Waals surface area contributed by atoms with Crippen LogP contribution in [0.1, 0.15) is 37.4 Å². The van der Waals surface area contributed by atoms with Crippen molar-refractivity contribution < 1.29 is 4.74 Å². The molecule has 0 saturated heterocycles. The lowest BCUT2D eigenvalue weighted by molar-refractivity contribution is 0.0663. The summed E-state index contributed by atoms with van der Waals surface area (Å²) >= 11 is 0. The smallest absolute Gasteiger partial charge is 0.0973 e. The van der Waals surface area contributed by atoms with Crippen molar-refractivity contribution in [1.82, 2.24) is 5.32 Å². The van der Waals surface area contributed by atoms with Gasteiger partial charge in [-0.1, -0.05) is 43.2 Å². The molecule has 0 aliphatic heterocycles. The summed E-state index contributed by atoms with van der Waals surface area (Å²) in [6.45, 7) is 0. The Kier molecular flexibility index (Phi) is 4.57. The molecule has 1 aromatic rings. The lowest BCUT2D eigenvalue weighted by Crippen LogP contribution is -2.33. The summed E-state index contributed by atoms with van der Waals surface area (Å²) in [6.07, 6.45) is 5.56. The minimum atomic E-state index is 0.167. The fourth-order valence-corrected chi connectivity index (χ4v) is 2.44. The molecule has 1 saturated carbocycles. The van der Waals surface area contributed by atoms with Gasteiger partial charge in [0.25, 0.3) is 0 Å². The Bertz CT molecular complexity index is 321. The summed E-state index contributed by atoms with van der Waals surface area (Å²) < 4.78 is 5.68. The molecule has 2 atom stereocenters. The summed E-state index contributed by atoms with van der Waals surface area (Å²) in [7, 11) is 3.84. The van der Waals surface area contributed by atoms with Crippen molar-refractivity contribution in [2.75, 3.05) is 14.2 Å². The molecule has 1 aliphatic rings. The monoisotopic (exact) mass is 233 g/mol. The molecule has 1 aliphatic carbocycles. The van der Waals surface area contributed by atoms with Crippen molar-refractivity contribution in [3.05, 3.63) is 35.9 Å². The summed E-state index contributed by atoms with van der Waals surface area (Å²) in [4.78, 5) is 0. The van der Waals surface area contributed by atoms with Gasteiger partial charge in [-0.05, 0) is 31.4 Å². The summed E-state index contributed by atoms with van der Waals surface area (Å²) in [6, 6.07) is 10.9. The van der Waals surface area contributed by atoms with Crippen LogP contribution in [0.25, 0.3) is 0 Å². The fraction of sp³-hybridized carbons (Fsp3) is 0.600. The number of rotatable bonds is 7. The molecule has 2 nitrogen and oxygen atoms in total. The van der Waals surface area contributed by atoms with Gasteiger partial charge in [-0.25, -0.2) is 0 Å². The Morgan fingerprint density at radius 3 is 2.53 bits per heavy atom. The lowest BCUT2D eigenvalue weighted by Gasteiger charge is -2.26. The molecule has 2 heteroatoms. The zero-order valence-electron chi connectivity index (χ0n) is 10.9. The van der Waals surface area contributed by atoms with Crippen LogP contribution in [0, 0.1) is 5.92 Å². The van der Waals surface area contributed by atoms with Gasteiger partial charge < -0.3 is 10.1 Å². The van der Waals surface area contributed by atoms with Crippen molar-refractivity contribution in [3.8, 4) is 0 Å². The molecule has 1 aromatic carbocycles. The molecule has 2 rings (SSSR count). The predicted octanol–water partition coefficient (Wildman–Crippen LogP) is 3.15. The Balaban J connectivity index is 1.98. The van der Waals surface area contributed by atoms with Crippen molar-refractivity contribution in [2.45, 2.75) is 37.8 Å². The van der Waals surface area contributed by atoms with Crippen LogP contribution in [0.15, 0.2) is 30.3 Å². The zero-order valence-corrected chi connectivity index (χ0v) is 10.9. The molecule has 0 amide bonds. The van der Waals surface area contributed by atoms with E-state index in [9.17, 15) is 0 Å². The predicted molar refractivity (Wildman–Crippen MR) is 71.0 cm³/mol. The first kappa shape index (κ1) is 12.6. The van der Waals surface area contributed by atoms with Gasteiger partial charge in [0.05, 0.1) is 6.10 Å². The van der Waals surface area contributed by atoms with E-state index in [1.165, 1.54) is 31.2 Å². The van der Waals surface area contributed by atoms with Gasteiger partial charge in [-0.3, -0.25) is 0 Å². The average molecular weight is 233 g/mol. The number of benzene rings is 1. The van der Waals surface area contributed by atoms with Gasteiger partial charge in [0, 0.05) is 13.2 Å². The molecular weight excluding hydrogens is 210 g/mol. The second kappa shape index (κ2) is 6.18. The first-order valence-corrected chi connectivity index (χ1v) is 6.60. The molecule has 1 fully saturated rings. The van der Waals surface area contributed by atoms with Crippen molar-refractivity contribution in [1.29, 1.82) is 0 Å². The van der Waals surface area contributed by atoms with Gasteiger partial charge >= 0.3 is 0 Å². The van der Waals surface area contributed by atoms with Crippen LogP contribution in [0.3, 0.4) is 0 Å². The third-order valence-electron chi connectivity index (χ3n) is 3.70. The third kappa shape index (κ3) is 3.55. The fourth-order valence-electron chi connectivity index (χ4n) is 2.44. The molecule has 0 bridgehead atoms. The van der Waals surface area contributed by atoms with E-state index in [0.29, 0.717) is 6.04 Å². The van der Waals surface area contributed by atoms with Crippen LogP contribution in [-0.4, -0.2) is 20.2 Å². The Hall–Kier alpha value is -0.860. The lowest BCUT2D eigenvalue weighted by atomic mass is 9.97. The Morgan fingerprint density at radius 1 is 1.29 bits per heavy atom. The van der Waals surface area contributed by atoms with Crippen LogP contribution in [0.4, 0.5) is 0 Å². The van der Waals surface area contributed by atoms with Gasteiger partial charge in [-0.2, -0.15) is 0 Å². The minimum Gasteiger partial charge on any atom is -0.375 e. The molecule has 2 unspecified atom stereocenters. The molecule has 94 valence electrons. The van der Waals surface area contributed by atoms with Crippen LogP contribution in [0.2, 0.25) is 0 Å². The maximum absolute atomic E-state index is 5.68. The van der Waals surface area contributed by atoms with E-state index in [-0.39, 0.29) is 6.10 Å². The first-order valence-electron chi connectivity index (χ1n) is 6.60. The second-order valence-corrected chi connectivity index (χ2v) is 4.98. The van der Waals surface area contributed by atoms with E-state index in [4.69, 9.17) is 4.74 Å². The molecule has 1 N–H and O–H groups in total. The summed E-state index contributed by atoms with van der Waals surface area (Å²) in [5, 5.41) is 3.41. The largest absolute Gasteiger partial charge is 0.375 e. The topological polar surface area (TPSA) is 21.3 Å². The van der Waals surface area contributed by atoms with Crippen LogP contribution in [-0.2, 0) is 4.74 Å². The third-order valence-corrected chi connectivity index (χ3v) is 3.70. The molecule has 0 aromatic heterocycles. The van der Waals surface area contributed by atoms with Crippen LogP contribution >= 0.6 is 0 Å². The van der Waals surface area contributed by atoms with Gasteiger partial charge in [-0.15, -0.1) is 0 Å². The van der Waals surface area contributed by atoms with E-state index in [0.717, 1.165) is 5.92 Å². The highest BCUT2D eigenvalue weighted by Gasteiger charge is 2.26. The van der Waals surface area contributed by atoms with Gasteiger partial charge in [0.2, 0.25) is 0 Å². The van der Waals surface area contributed by atoms with E-state index < -0.39 is 0 Å². The number of ether oxygens (including phenoxy) is 1. The Morgan fingerprint density at radius 2 is 2.00 bits per heavy atom. The SMILES string of the molecule is CNC(CCC1CC1)C(OC)c1ccccc1.